The third kappa shape index (κ3) is 11.7. The first-order chi connectivity index (χ1) is 13.8. The van der Waals surface area contributed by atoms with E-state index >= 15 is 0 Å². The molecule has 0 amide bonds. The topological polar surface area (TPSA) is 0 Å². The van der Waals surface area contributed by atoms with Crippen LogP contribution in [0.4, 0.5) is 0 Å². The van der Waals surface area contributed by atoms with E-state index in [-0.39, 0.29) is 0 Å². The predicted octanol–water partition coefficient (Wildman–Crippen LogP) is 8.30. The van der Waals surface area contributed by atoms with Crippen molar-refractivity contribution in [3.63, 3.8) is 0 Å². The van der Waals surface area contributed by atoms with E-state index in [0.717, 1.165) is 0 Å². The third-order valence-electron chi connectivity index (χ3n) is 6.36. The first-order valence-electron chi connectivity index (χ1n) is 12.3. The van der Waals surface area contributed by atoms with Crippen LogP contribution in [0.2, 0.25) is 0 Å². The van der Waals surface area contributed by atoms with Crippen LogP contribution in [0.1, 0.15) is 103 Å². The highest BCUT2D eigenvalue weighted by molar-refractivity contribution is 5.13. The van der Waals surface area contributed by atoms with Gasteiger partial charge >= 0.3 is 0 Å². The van der Waals surface area contributed by atoms with Gasteiger partial charge in [0.05, 0.1) is 19.6 Å². The lowest BCUT2D eigenvalue weighted by Crippen LogP contribution is -2.47. The van der Waals surface area contributed by atoms with Gasteiger partial charge in [0.25, 0.3) is 0 Å². The van der Waals surface area contributed by atoms with Gasteiger partial charge in [-0.15, -0.1) is 0 Å². The fraction of sp³-hybridized carbons (Fsp3) is 0.704. The molecule has 0 saturated carbocycles. The minimum atomic E-state index is 1.17. The largest absolute Gasteiger partial charge is 0.320 e. The molecule has 1 aromatic carbocycles. The maximum atomic E-state index is 2.44. The van der Waals surface area contributed by atoms with E-state index in [1.807, 2.05) is 0 Å². The van der Waals surface area contributed by atoms with E-state index in [1.54, 1.807) is 0 Å². The highest BCUT2D eigenvalue weighted by Crippen LogP contribution is 2.16. The zero-order valence-corrected chi connectivity index (χ0v) is 19.3. The van der Waals surface area contributed by atoms with Crippen LogP contribution in [0.5, 0.6) is 0 Å². The summed E-state index contributed by atoms with van der Waals surface area (Å²) in [6, 6.07) is 11.0. The Bertz CT molecular complexity index is 472. The highest BCUT2D eigenvalue weighted by Gasteiger charge is 2.22. The van der Waals surface area contributed by atoms with Gasteiger partial charge in [0.1, 0.15) is 6.54 Å². The molecule has 0 spiro atoms. The Morgan fingerprint density at radius 1 is 0.643 bits per heavy atom. The van der Waals surface area contributed by atoms with Crippen molar-refractivity contribution in [1.29, 1.82) is 0 Å². The Hall–Kier alpha value is -1.08. The van der Waals surface area contributed by atoms with Gasteiger partial charge in [0.2, 0.25) is 0 Å². The number of allylic oxidation sites excluding steroid dienone is 1. The number of rotatable bonds is 18. The number of hydrogen-bond acceptors (Lipinski definition) is 0. The smallest absolute Gasteiger partial charge is 0.104 e. The lowest BCUT2D eigenvalue weighted by Gasteiger charge is -2.37. The molecular formula is C27H48N+. The SMILES string of the molecule is CCCCCCCCCCCCC=CCC[N+](CC)(CC)Cc1ccccc1. The van der Waals surface area contributed by atoms with Crippen LogP contribution in [0.15, 0.2) is 42.5 Å². The van der Waals surface area contributed by atoms with Crippen LogP contribution in [-0.4, -0.2) is 24.1 Å². The minimum absolute atomic E-state index is 1.17. The summed E-state index contributed by atoms with van der Waals surface area (Å²) >= 11 is 0. The summed E-state index contributed by atoms with van der Waals surface area (Å²) < 4.78 is 1.20. The average molecular weight is 387 g/mol. The molecule has 0 unspecified atom stereocenters. The van der Waals surface area contributed by atoms with Gasteiger partial charge < -0.3 is 4.48 Å². The van der Waals surface area contributed by atoms with Crippen LogP contribution in [0, 0.1) is 0 Å². The Kier molecular flexibility index (Phi) is 15.0. The van der Waals surface area contributed by atoms with Gasteiger partial charge in [-0.1, -0.05) is 107 Å². The van der Waals surface area contributed by atoms with Gasteiger partial charge in [0.15, 0.2) is 0 Å². The summed E-state index contributed by atoms with van der Waals surface area (Å²) in [5.74, 6) is 0. The Balaban J connectivity index is 2.09. The molecule has 0 bridgehead atoms. The van der Waals surface area contributed by atoms with Crippen molar-refractivity contribution >= 4 is 0 Å². The van der Waals surface area contributed by atoms with Crippen LogP contribution < -0.4 is 0 Å². The standard InChI is InChI=1S/C27H48N/c1-4-7-8-9-10-11-12-13-14-15-16-17-18-22-25-28(5-2,6-3)26-27-23-20-19-21-24-27/h17-21,23-24H,4-16,22,25-26H2,1-3H3/q+1. The maximum absolute atomic E-state index is 2.44. The van der Waals surface area contributed by atoms with Gasteiger partial charge in [-0.2, -0.15) is 0 Å². The molecule has 1 aromatic rings. The van der Waals surface area contributed by atoms with E-state index in [0.29, 0.717) is 0 Å². The zero-order valence-electron chi connectivity index (χ0n) is 19.3. The summed E-state index contributed by atoms with van der Waals surface area (Å²) in [4.78, 5) is 0. The molecule has 28 heavy (non-hydrogen) atoms. The summed E-state index contributed by atoms with van der Waals surface area (Å²) in [5.41, 5.74) is 1.47. The summed E-state index contributed by atoms with van der Waals surface area (Å²) in [5, 5.41) is 0. The maximum Gasteiger partial charge on any atom is 0.104 e. The van der Waals surface area contributed by atoms with Crippen molar-refractivity contribution in [3.8, 4) is 0 Å². The molecule has 0 radical (unpaired) electrons. The second kappa shape index (κ2) is 16.8. The summed E-state index contributed by atoms with van der Waals surface area (Å²) in [6.45, 7) is 11.9. The molecule has 1 heteroatoms. The van der Waals surface area contributed by atoms with E-state index < -0.39 is 0 Å². The Labute approximate surface area is 176 Å². The summed E-state index contributed by atoms with van der Waals surface area (Å²) in [6.07, 6.45) is 21.6. The van der Waals surface area contributed by atoms with Crippen molar-refractivity contribution in [3.05, 3.63) is 48.0 Å². The second-order valence-electron chi connectivity index (χ2n) is 8.57. The molecule has 1 nitrogen and oxygen atoms in total. The van der Waals surface area contributed by atoms with E-state index in [2.05, 4.69) is 63.3 Å². The number of benzene rings is 1. The van der Waals surface area contributed by atoms with Crippen LogP contribution in [0.25, 0.3) is 0 Å². The van der Waals surface area contributed by atoms with Gasteiger partial charge in [-0.25, -0.2) is 0 Å². The van der Waals surface area contributed by atoms with Crippen molar-refractivity contribution in [2.75, 3.05) is 19.6 Å². The Morgan fingerprint density at radius 3 is 1.75 bits per heavy atom. The fourth-order valence-corrected chi connectivity index (χ4v) is 4.15. The normalized spacial score (nSPS) is 12.1. The van der Waals surface area contributed by atoms with E-state index in [9.17, 15) is 0 Å². The quantitative estimate of drug-likeness (QED) is 0.135. The zero-order chi connectivity index (χ0) is 20.3. The first kappa shape index (κ1) is 25.0. The number of nitrogens with zero attached hydrogens (tertiary/aromatic N) is 1. The molecular weight excluding hydrogens is 338 g/mol. The molecule has 0 aromatic heterocycles. The minimum Gasteiger partial charge on any atom is -0.320 e. The van der Waals surface area contributed by atoms with Crippen molar-refractivity contribution in [2.24, 2.45) is 0 Å². The molecule has 0 aliphatic rings. The van der Waals surface area contributed by atoms with Crippen molar-refractivity contribution in [2.45, 2.75) is 104 Å². The number of hydrogen-bond donors (Lipinski definition) is 0. The van der Waals surface area contributed by atoms with Crippen LogP contribution in [-0.2, 0) is 6.54 Å². The van der Waals surface area contributed by atoms with E-state index in [1.165, 1.54) is 113 Å². The second-order valence-corrected chi connectivity index (χ2v) is 8.57. The highest BCUT2D eigenvalue weighted by atomic mass is 15.3. The lowest BCUT2D eigenvalue weighted by molar-refractivity contribution is -0.937. The lowest BCUT2D eigenvalue weighted by atomic mass is 10.1. The van der Waals surface area contributed by atoms with Gasteiger partial charge in [-0.05, 0) is 26.7 Å². The predicted molar refractivity (Wildman–Crippen MR) is 127 cm³/mol. The molecule has 0 fully saturated rings. The molecule has 0 heterocycles. The average Bonchev–Trinajstić information content (AvgIpc) is 2.74. The van der Waals surface area contributed by atoms with Crippen LogP contribution >= 0.6 is 0 Å². The first-order valence-corrected chi connectivity index (χ1v) is 12.3. The molecule has 0 atom stereocenters. The van der Waals surface area contributed by atoms with E-state index in [4.69, 9.17) is 0 Å². The molecule has 0 saturated heterocycles. The molecule has 0 N–H and O–H groups in total. The van der Waals surface area contributed by atoms with Crippen LogP contribution in [0.3, 0.4) is 0 Å². The molecule has 0 aliphatic carbocycles. The molecule has 160 valence electrons. The third-order valence-corrected chi connectivity index (χ3v) is 6.36. The summed E-state index contributed by atoms with van der Waals surface area (Å²) in [7, 11) is 0. The number of unbranched alkanes of at least 4 members (excludes halogenated alkanes) is 10. The monoisotopic (exact) mass is 386 g/mol. The molecule has 0 aliphatic heterocycles. The molecule has 1 rings (SSSR count). The fourth-order valence-electron chi connectivity index (χ4n) is 4.15. The van der Waals surface area contributed by atoms with Gasteiger partial charge in [-0.3, -0.25) is 0 Å². The van der Waals surface area contributed by atoms with Crippen molar-refractivity contribution in [1.82, 2.24) is 0 Å². The Morgan fingerprint density at radius 2 is 1.18 bits per heavy atom. The van der Waals surface area contributed by atoms with Crippen molar-refractivity contribution < 1.29 is 4.48 Å². The van der Waals surface area contributed by atoms with Gasteiger partial charge in [0, 0.05) is 12.0 Å². The number of quaternary nitrogens is 1.